The number of benzene rings is 1. The van der Waals surface area contributed by atoms with Crippen LogP contribution in [0.25, 0.3) is 10.7 Å². The molecule has 0 saturated carbocycles. The van der Waals surface area contributed by atoms with Gasteiger partial charge in [0.1, 0.15) is 15.7 Å². The Kier molecular flexibility index (Phi) is 5.19. The number of amides is 1. The van der Waals surface area contributed by atoms with Gasteiger partial charge in [-0.15, -0.1) is 11.3 Å². The first-order valence-electron chi connectivity index (χ1n) is 7.70. The highest BCUT2D eigenvalue weighted by atomic mass is 32.2. The molecule has 0 spiro atoms. The van der Waals surface area contributed by atoms with Gasteiger partial charge in [-0.05, 0) is 37.3 Å². The molecule has 0 unspecified atom stereocenters. The summed E-state index contributed by atoms with van der Waals surface area (Å²) in [6, 6.07) is 9.04. The van der Waals surface area contributed by atoms with E-state index >= 15 is 0 Å². The Morgan fingerprint density at radius 1 is 1.22 bits per heavy atom. The minimum atomic E-state index is -3.65. The highest BCUT2D eigenvalue weighted by Gasteiger charge is 2.18. The molecule has 0 radical (unpaired) electrons. The summed E-state index contributed by atoms with van der Waals surface area (Å²) in [6.45, 7) is 1.71. The molecular weight excluding hydrogens is 391 g/mol. The van der Waals surface area contributed by atoms with Crippen molar-refractivity contribution in [3.8, 4) is 10.7 Å². The van der Waals surface area contributed by atoms with Crippen LogP contribution in [0.15, 0.2) is 42.6 Å². The molecule has 1 aromatic carbocycles. The van der Waals surface area contributed by atoms with Crippen molar-refractivity contribution in [2.45, 2.75) is 6.92 Å². The van der Waals surface area contributed by atoms with Gasteiger partial charge >= 0.3 is 0 Å². The normalized spacial score (nSPS) is 11.2. The summed E-state index contributed by atoms with van der Waals surface area (Å²) in [5.41, 5.74) is 1.20. The molecule has 3 aromatic rings. The third kappa shape index (κ3) is 4.66. The van der Waals surface area contributed by atoms with Gasteiger partial charge in [0.15, 0.2) is 0 Å². The first kappa shape index (κ1) is 18.9. The van der Waals surface area contributed by atoms with Gasteiger partial charge in [0, 0.05) is 11.9 Å². The number of rotatable bonds is 5. The van der Waals surface area contributed by atoms with E-state index in [1.807, 2.05) is 6.07 Å². The quantitative estimate of drug-likeness (QED) is 0.677. The van der Waals surface area contributed by atoms with Crippen LogP contribution in [-0.4, -0.2) is 30.5 Å². The van der Waals surface area contributed by atoms with Crippen molar-refractivity contribution in [1.29, 1.82) is 0 Å². The van der Waals surface area contributed by atoms with Crippen LogP contribution in [0.1, 0.15) is 15.4 Å². The Morgan fingerprint density at radius 3 is 2.67 bits per heavy atom. The van der Waals surface area contributed by atoms with Crippen LogP contribution in [0.3, 0.4) is 0 Å². The number of halogens is 1. The number of anilines is 2. The number of thiazole rings is 1. The maximum absolute atomic E-state index is 13.8. The first-order chi connectivity index (χ1) is 12.7. The first-order valence-corrected chi connectivity index (χ1v) is 10.4. The van der Waals surface area contributed by atoms with Crippen molar-refractivity contribution in [3.63, 3.8) is 0 Å². The SMILES string of the molecule is Cc1nc(-c2ccccn2)sc1C(=O)Nc1ccc(F)c(NS(C)(=O)=O)c1. The zero-order valence-corrected chi connectivity index (χ0v) is 16.0. The molecule has 140 valence electrons. The molecule has 2 heterocycles. The molecule has 0 atom stereocenters. The third-order valence-corrected chi connectivity index (χ3v) is 5.18. The Balaban J connectivity index is 1.84. The topological polar surface area (TPSA) is 101 Å². The molecule has 7 nitrogen and oxygen atoms in total. The molecule has 0 aliphatic rings. The Labute approximate surface area is 159 Å². The van der Waals surface area contributed by atoms with Gasteiger partial charge in [-0.25, -0.2) is 17.8 Å². The number of aryl methyl sites for hydroxylation is 1. The smallest absolute Gasteiger partial charge is 0.267 e. The summed E-state index contributed by atoms with van der Waals surface area (Å²) in [5, 5.41) is 3.23. The number of carbonyl (C=O) groups excluding carboxylic acids is 1. The molecule has 1 amide bonds. The van der Waals surface area contributed by atoms with Gasteiger partial charge in [-0.3, -0.25) is 14.5 Å². The lowest BCUT2D eigenvalue weighted by Gasteiger charge is -2.09. The summed E-state index contributed by atoms with van der Waals surface area (Å²) in [4.78, 5) is 21.5. The molecular formula is C17H15FN4O3S2. The second-order valence-electron chi connectivity index (χ2n) is 5.67. The van der Waals surface area contributed by atoms with E-state index in [1.54, 1.807) is 25.3 Å². The molecule has 0 saturated heterocycles. The highest BCUT2D eigenvalue weighted by molar-refractivity contribution is 7.92. The number of nitrogens with zero attached hydrogens (tertiary/aromatic N) is 2. The second-order valence-corrected chi connectivity index (χ2v) is 8.42. The van der Waals surface area contributed by atoms with Crippen molar-refractivity contribution in [1.82, 2.24) is 9.97 Å². The lowest BCUT2D eigenvalue weighted by Crippen LogP contribution is -2.14. The largest absolute Gasteiger partial charge is 0.321 e. The standard InChI is InChI=1S/C17H15FN4O3S2/c1-10-15(26-17(20-10)13-5-3-4-8-19-13)16(23)21-11-6-7-12(18)14(9-11)22-27(2,24)25/h3-9,22H,1-2H3,(H,21,23). The Morgan fingerprint density at radius 2 is 2.00 bits per heavy atom. The van der Waals surface area contributed by atoms with E-state index in [-0.39, 0.29) is 11.4 Å². The summed E-state index contributed by atoms with van der Waals surface area (Å²) >= 11 is 1.19. The van der Waals surface area contributed by atoms with E-state index < -0.39 is 21.7 Å². The third-order valence-electron chi connectivity index (χ3n) is 3.41. The summed E-state index contributed by atoms with van der Waals surface area (Å²) in [6.07, 6.45) is 2.55. The fraction of sp³-hybridized carbons (Fsp3) is 0.118. The Hall–Kier alpha value is -2.85. The van der Waals surface area contributed by atoms with Crippen LogP contribution >= 0.6 is 11.3 Å². The summed E-state index contributed by atoms with van der Waals surface area (Å²) in [5.74, 6) is -1.17. The highest BCUT2D eigenvalue weighted by Crippen LogP contribution is 2.28. The van der Waals surface area contributed by atoms with Crippen LogP contribution in [-0.2, 0) is 10.0 Å². The number of nitrogens with one attached hydrogen (secondary N) is 2. The van der Waals surface area contributed by atoms with Gasteiger partial charge < -0.3 is 5.32 Å². The maximum Gasteiger partial charge on any atom is 0.267 e. The van der Waals surface area contributed by atoms with E-state index in [4.69, 9.17) is 0 Å². The van der Waals surface area contributed by atoms with E-state index in [0.29, 0.717) is 21.3 Å². The van der Waals surface area contributed by atoms with Crippen molar-refractivity contribution in [2.75, 3.05) is 16.3 Å². The van der Waals surface area contributed by atoms with E-state index in [0.717, 1.165) is 12.3 Å². The number of sulfonamides is 1. The fourth-order valence-corrected chi connectivity index (χ4v) is 3.77. The van der Waals surface area contributed by atoms with Crippen LogP contribution in [0, 0.1) is 12.7 Å². The van der Waals surface area contributed by atoms with Gasteiger partial charge in [0.2, 0.25) is 10.0 Å². The number of carbonyl (C=O) groups is 1. The summed E-state index contributed by atoms with van der Waals surface area (Å²) in [7, 11) is -3.65. The molecule has 3 rings (SSSR count). The average Bonchev–Trinajstić information content (AvgIpc) is 2.99. The van der Waals surface area contributed by atoms with Gasteiger partial charge in [-0.1, -0.05) is 6.07 Å². The zero-order chi connectivity index (χ0) is 19.6. The van der Waals surface area contributed by atoms with Crippen molar-refractivity contribution < 1.29 is 17.6 Å². The van der Waals surface area contributed by atoms with Crippen LogP contribution < -0.4 is 10.0 Å². The van der Waals surface area contributed by atoms with Crippen LogP contribution in [0.4, 0.5) is 15.8 Å². The molecule has 0 bridgehead atoms. The molecule has 0 fully saturated rings. The molecule has 2 N–H and O–H groups in total. The van der Waals surface area contributed by atoms with Crippen LogP contribution in [0.2, 0.25) is 0 Å². The average molecular weight is 406 g/mol. The molecule has 2 aromatic heterocycles. The summed E-state index contributed by atoms with van der Waals surface area (Å²) < 4.78 is 38.5. The van der Waals surface area contributed by atoms with Crippen LogP contribution in [0.5, 0.6) is 0 Å². The number of hydrogen-bond donors (Lipinski definition) is 2. The Bertz CT molecular complexity index is 1100. The molecule has 10 heteroatoms. The minimum Gasteiger partial charge on any atom is -0.321 e. The van der Waals surface area contributed by atoms with E-state index in [1.165, 1.54) is 23.5 Å². The predicted molar refractivity (Wildman–Crippen MR) is 103 cm³/mol. The van der Waals surface area contributed by atoms with Crippen molar-refractivity contribution in [2.24, 2.45) is 0 Å². The fourth-order valence-electron chi connectivity index (χ4n) is 2.27. The molecule has 27 heavy (non-hydrogen) atoms. The van der Waals surface area contributed by atoms with Crippen molar-refractivity contribution >= 4 is 38.6 Å². The van der Waals surface area contributed by atoms with Gasteiger partial charge in [0.25, 0.3) is 5.91 Å². The zero-order valence-electron chi connectivity index (χ0n) is 14.4. The lowest BCUT2D eigenvalue weighted by molar-refractivity contribution is 0.103. The van der Waals surface area contributed by atoms with E-state index in [2.05, 4.69) is 20.0 Å². The van der Waals surface area contributed by atoms with Gasteiger partial charge in [-0.2, -0.15) is 0 Å². The predicted octanol–water partition coefficient (Wildman–Crippen LogP) is 3.28. The molecule has 0 aliphatic carbocycles. The maximum atomic E-state index is 13.8. The monoisotopic (exact) mass is 406 g/mol. The minimum absolute atomic E-state index is 0.245. The van der Waals surface area contributed by atoms with Gasteiger partial charge in [0.05, 0.1) is 23.3 Å². The van der Waals surface area contributed by atoms with E-state index in [9.17, 15) is 17.6 Å². The molecule has 0 aliphatic heterocycles. The number of pyridine rings is 1. The lowest BCUT2D eigenvalue weighted by atomic mass is 10.2. The second kappa shape index (κ2) is 7.41. The number of hydrogen-bond acceptors (Lipinski definition) is 6. The van der Waals surface area contributed by atoms with Crippen molar-refractivity contribution in [3.05, 3.63) is 59.0 Å². The number of aromatic nitrogens is 2.